The Morgan fingerprint density at radius 2 is 1.80 bits per heavy atom. The maximum atomic E-state index is 11.1. The average Bonchev–Trinajstić information content (AvgIpc) is 3.19. The second kappa shape index (κ2) is 8.43. The fourth-order valence-electron chi connectivity index (χ4n) is 3.17. The van der Waals surface area contributed by atoms with Crippen molar-refractivity contribution in [3.05, 3.63) is 101 Å². The van der Waals surface area contributed by atoms with Crippen LogP contribution >= 0.6 is 11.6 Å². The number of hydrogen-bond acceptors (Lipinski definition) is 3. The third-order valence-corrected chi connectivity index (χ3v) is 5.28. The number of aryl methyl sites for hydroxylation is 1. The summed E-state index contributed by atoms with van der Waals surface area (Å²) < 4.78 is 1.77. The molecule has 1 aromatic heterocycles. The van der Waals surface area contributed by atoms with Crippen LogP contribution in [0.2, 0.25) is 5.02 Å². The first-order valence-corrected chi connectivity index (χ1v) is 9.87. The number of halogens is 1. The summed E-state index contributed by atoms with van der Waals surface area (Å²) in [7, 11) is 0. The molecule has 0 aliphatic heterocycles. The molecule has 0 bridgehead atoms. The molecule has 6 heteroatoms. The number of rotatable bonds is 6. The van der Waals surface area contributed by atoms with Gasteiger partial charge < -0.3 is 10.4 Å². The van der Waals surface area contributed by atoms with Crippen LogP contribution in [0.5, 0.6) is 0 Å². The van der Waals surface area contributed by atoms with E-state index >= 15 is 0 Å². The highest BCUT2D eigenvalue weighted by molar-refractivity contribution is 6.31. The van der Waals surface area contributed by atoms with E-state index in [1.807, 2.05) is 61.7 Å². The Balaban J connectivity index is 1.67. The molecule has 2 N–H and O–H groups in total. The normalized spacial score (nSPS) is 10.7. The van der Waals surface area contributed by atoms with Gasteiger partial charge in [0.15, 0.2) is 0 Å². The molecule has 0 aliphatic carbocycles. The summed E-state index contributed by atoms with van der Waals surface area (Å²) in [5.41, 5.74) is 5.89. The predicted octanol–water partition coefficient (Wildman–Crippen LogP) is 5.81. The van der Waals surface area contributed by atoms with Crippen molar-refractivity contribution in [1.29, 1.82) is 0 Å². The van der Waals surface area contributed by atoms with Crippen molar-refractivity contribution >= 4 is 23.3 Å². The van der Waals surface area contributed by atoms with E-state index < -0.39 is 5.97 Å². The maximum Gasteiger partial charge on any atom is 0.335 e. The number of carbonyl (C=O) groups is 1. The monoisotopic (exact) mass is 417 g/mol. The molecule has 30 heavy (non-hydrogen) atoms. The van der Waals surface area contributed by atoms with Gasteiger partial charge in [-0.15, -0.1) is 0 Å². The number of anilines is 1. The molecule has 0 fully saturated rings. The van der Waals surface area contributed by atoms with Crippen LogP contribution in [0.25, 0.3) is 16.9 Å². The molecule has 4 rings (SSSR count). The molecule has 0 radical (unpaired) electrons. The minimum Gasteiger partial charge on any atom is -0.478 e. The Morgan fingerprint density at radius 1 is 1.07 bits per heavy atom. The number of aromatic nitrogens is 2. The predicted molar refractivity (Wildman–Crippen MR) is 119 cm³/mol. The molecule has 0 atom stereocenters. The summed E-state index contributed by atoms with van der Waals surface area (Å²) >= 11 is 6.24. The number of nitrogens with zero attached hydrogens (tertiary/aromatic N) is 2. The van der Waals surface area contributed by atoms with Crippen molar-refractivity contribution in [3.63, 3.8) is 0 Å². The second-order valence-electron chi connectivity index (χ2n) is 6.98. The van der Waals surface area contributed by atoms with Crippen LogP contribution in [0, 0.1) is 6.92 Å². The van der Waals surface area contributed by atoms with E-state index in [1.165, 1.54) is 0 Å². The molecular weight excluding hydrogens is 398 g/mol. The molecule has 1 heterocycles. The van der Waals surface area contributed by atoms with Crippen molar-refractivity contribution in [3.8, 4) is 16.9 Å². The second-order valence-corrected chi connectivity index (χ2v) is 7.39. The lowest BCUT2D eigenvalue weighted by Crippen LogP contribution is -2.00. The van der Waals surface area contributed by atoms with Gasteiger partial charge in [-0.3, -0.25) is 0 Å². The summed E-state index contributed by atoms with van der Waals surface area (Å²) in [5, 5.41) is 18.0. The Morgan fingerprint density at radius 3 is 2.47 bits per heavy atom. The van der Waals surface area contributed by atoms with Gasteiger partial charge in [-0.2, -0.15) is 5.10 Å². The summed E-state index contributed by atoms with van der Waals surface area (Å²) in [6.07, 6.45) is 1.96. The van der Waals surface area contributed by atoms with Crippen LogP contribution < -0.4 is 5.32 Å². The number of carboxylic acid groups (broad SMARTS) is 1. The van der Waals surface area contributed by atoms with E-state index in [0.717, 1.165) is 38.8 Å². The smallest absolute Gasteiger partial charge is 0.335 e. The minimum atomic E-state index is -0.950. The molecule has 0 spiro atoms. The molecule has 0 saturated heterocycles. The van der Waals surface area contributed by atoms with Gasteiger partial charge in [-0.1, -0.05) is 48.0 Å². The van der Waals surface area contributed by atoms with Crippen molar-refractivity contribution < 1.29 is 9.90 Å². The molecule has 150 valence electrons. The van der Waals surface area contributed by atoms with Crippen molar-refractivity contribution in [1.82, 2.24) is 9.78 Å². The fourth-order valence-corrected chi connectivity index (χ4v) is 3.35. The number of hydrogen-bond donors (Lipinski definition) is 2. The number of benzene rings is 3. The first kappa shape index (κ1) is 19.7. The van der Waals surface area contributed by atoms with E-state index in [4.69, 9.17) is 21.8 Å². The molecule has 0 amide bonds. The number of nitrogens with one attached hydrogen (secondary N) is 1. The Hall–Kier alpha value is -3.57. The first-order chi connectivity index (χ1) is 14.5. The number of aromatic carboxylic acids is 1. The van der Waals surface area contributed by atoms with Gasteiger partial charge in [-0.05, 0) is 48.9 Å². The lowest BCUT2D eigenvalue weighted by atomic mass is 10.1. The van der Waals surface area contributed by atoms with Gasteiger partial charge >= 0.3 is 5.97 Å². The van der Waals surface area contributed by atoms with Gasteiger partial charge in [-0.25, -0.2) is 9.48 Å². The van der Waals surface area contributed by atoms with Crippen molar-refractivity contribution in [2.24, 2.45) is 0 Å². The third kappa shape index (κ3) is 4.21. The van der Waals surface area contributed by atoms with Crippen LogP contribution in [-0.4, -0.2) is 20.9 Å². The standard InChI is InChI=1S/C24H20ClN3O2/c1-16-7-10-20(13-22(16)25)26-14-19-15-28(21-11-8-18(9-12-21)24(29)30)27-23(19)17-5-3-2-4-6-17/h2-13,15,26H,14H2,1H3,(H,29,30). The van der Waals surface area contributed by atoms with Crippen molar-refractivity contribution in [2.75, 3.05) is 5.32 Å². The Kier molecular flexibility index (Phi) is 5.55. The first-order valence-electron chi connectivity index (χ1n) is 9.49. The molecule has 0 aliphatic rings. The zero-order valence-electron chi connectivity index (χ0n) is 16.3. The average molecular weight is 418 g/mol. The van der Waals surface area contributed by atoms with E-state index in [-0.39, 0.29) is 5.56 Å². The minimum absolute atomic E-state index is 0.243. The van der Waals surface area contributed by atoms with Crippen LogP contribution in [0.15, 0.2) is 79.0 Å². The third-order valence-electron chi connectivity index (χ3n) is 4.87. The SMILES string of the molecule is Cc1ccc(NCc2cn(-c3ccc(C(=O)O)cc3)nc2-c2ccccc2)cc1Cl. The number of carboxylic acids is 1. The van der Waals surface area contributed by atoms with Gasteiger partial charge in [0.1, 0.15) is 0 Å². The van der Waals surface area contributed by atoms with Crippen molar-refractivity contribution in [2.45, 2.75) is 13.5 Å². The topological polar surface area (TPSA) is 67.2 Å². The highest BCUT2D eigenvalue weighted by Gasteiger charge is 2.13. The van der Waals surface area contributed by atoms with Gasteiger partial charge in [0.2, 0.25) is 0 Å². The Labute approximate surface area is 179 Å². The lowest BCUT2D eigenvalue weighted by molar-refractivity contribution is 0.0697. The maximum absolute atomic E-state index is 11.1. The lowest BCUT2D eigenvalue weighted by Gasteiger charge is -2.08. The van der Waals surface area contributed by atoms with Crippen LogP contribution in [-0.2, 0) is 6.54 Å². The highest BCUT2D eigenvalue weighted by atomic mass is 35.5. The van der Waals surface area contributed by atoms with Gasteiger partial charge in [0.05, 0.1) is 16.9 Å². The highest BCUT2D eigenvalue weighted by Crippen LogP contribution is 2.26. The largest absolute Gasteiger partial charge is 0.478 e. The molecule has 0 saturated carbocycles. The Bertz CT molecular complexity index is 1190. The van der Waals surface area contributed by atoms with Crippen LogP contribution in [0.3, 0.4) is 0 Å². The quantitative estimate of drug-likeness (QED) is 0.415. The summed E-state index contributed by atoms with van der Waals surface area (Å²) in [4.78, 5) is 11.1. The molecule has 4 aromatic rings. The summed E-state index contributed by atoms with van der Waals surface area (Å²) in [6.45, 7) is 2.54. The molecular formula is C24H20ClN3O2. The molecule has 5 nitrogen and oxygen atoms in total. The summed E-state index contributed by atoms with van der Waals surface area (Å²) in [6, 6.07) is 22.5. The van der Waals surface area contributed by atoms with E-state index in [1.54, 1.807) is 28.9 Å². The molecule has 3 aromatic carbocycles. The zero-order valence-corrected chi connectivity index (χ0v) is 17.1. The van der Waals surface area contributed by atoms with E-state index in [0.29, 0.717) is 6.54 Å². The van der Waals surface area contributed by atoms with Crippen LogP contribution in [0.4, 0.5) is 5.69 Å². The summed E-state index contributed by atoms with van der Waals surface area (Å²) in [5.74, 6) is -0.950. The van der Waals surface area contributed by atoms with E-state index in [9.17, 15) is 4.79 Å². The van der Waals surface area contributed by atoms with E-state index in [2.05, 4.69) is 5.32 Å². The van der Waals surface area contributed by atoms with Crippen LogP contribution in [0.1, 0.15) is 21.5 Å². The fraction of sp³-hybridized carbons (Fsp3) is 0.0833. The zero-order chi connectivity index (χ0) is 21.1. The van der Waals surface area contributed by atoms with Gasteiger partial charge in [0.25, 0.3) is 0 Å². The molecule has 0 unspecified atom stereocenters. The van der Waals surface area contributed by atoms with Gasteiger partial charge in [0, 0.05) is 34.6 Å².